The predicted octanol–water partition coefficient (Wildman–Crippen LogP) is 4.10. The molecule has 1 fully saturated rings. The van der Waals surface area contributed by atoms with Crippen LogP contribution in [0.5, 0.6) is 5.75 Å². The molecule has 0 saturated heterocycles. The first-order valence-corrected chi connectivity index (χ1v) is 7.96. The van der Waals surface area contributed by atoms with Crippen LogP contribution in [0.4, 0.5) is 0 Å². The van der Waals surface area contributed by atoms with Gasteiger partial charge in [0.2, 0.25) is 5.89 Å². The van der Waals surface area contributed by atoms with Gasteiger partial charge in [-0.05, 0) is 30.4 Å². The van der Waals surface area contributed by atoms with Crippen molar-refractivity contribution < 1.29 is 9.63 Å². The number of hydrogen-bond acceptors (Lipinski definition) is 5. The molecule has 1 aromatic heterocycles. The number of fused-ring (bicyclic) bond motifs is 1. The van der Waals surface area contributed by atoms with Gasteiger partial charge in [-0.15, -0.1) is 11.8 Å². The van der Waals surface area contributed by atoms with Crippen LogP contribution < -0.4 is 0 Å². The van der Waals surface area contributed by atoms with Crippen molar-refractivity contribution in [2.45, 2.75) is 29.4 Å². The molecule has 4 nitrogen and oxygen atoms in total. The Kier molecular flexibility index (Phi) is 3.07. The highest BCUT2D eigenvalue weighted by Crippen LogP contribution is 2.39. The van der Waals surface area contributed by atoms with Crippen molar-refractivity contribution >= 4 is 22.5 Å². The molecule has 0 radical (unpaired) electrons. The number of phenols is 1. The van der Waals surface area contributed by atoms with E-state index in [4.69, 9.17) is 4.52 Å². The highest BCUT2D eigenvalue weighted by Gasteiger charge is 2.29. The van der Waals surface area contributed by atoms with Crippen LogP contribution in [0, 0.1) is 0 Å². The number of thioether (sulfide) groups is 1. The molecular formula is C16H14N2O2S. The fraction of sp³-hybridized carbons (Fsp3) is 0.250. The van der Waals surface area contributed by atoms with E-state index in [9.17, 15) is 5.11 Å². The lowest BCUT2D eigenvalue weighted by atomic mass is 10.1. The Morgan fingerprint density at radius 2 is 1.95 bits per heavy atom. The van der Waals surface area contributed by atoms with Gasteiger partial charge in [-0.2, -0.15) is 4.98 Å². The maximum Gasteiger partial charge on any atom is 0.229 e. The summed E-state index contributed by atoms with van der Waals surface area (Å²) in [6.45, 7) is 0. The molecule has 106 valence electrons. The first-order valence-electron chi connectivity index (χ1n) is 6.97. The monoisotopic (exact) mass is 298 g/mol. The summed E-state index contributed by atoms with van der Waals surface area (Å²) in [6.07, 6.45) is 2.33. The maximum atomic E-state index is 9.90. The van der Waals surface area contributed by atoms with E-state index >= 15 is 0 Å². The third kappa shape index (κ3) is 2.49. The van der Waals surface area contributed by atoms with E-state index < -0.39 is 0 Å². The molecule has 1 aliphatic rings. The standard InChI is InChI=1S/C16H14N2O2S/c19-13-7-8-14(12-4-2-1-3-11(12)13)21-9-15-17-16(20-18-15)10-5-6-10/h1-4,7-8,10,19H,5-6,9H2. The minimum absolute atomic E-state index is 0.311. The van der Waals surface area contributed by atoms with Gasteiger partial charge in [-0.1, -0.05) is 29.4 Å². The molecule has 0 amide bonds. The number of hydrogen-bond donors (Lipinski definition) is 1. The van der Waals surface area contributed by atoms with Crippen LogP contribution in [0.2, 0.25) is 0 Å². The predicted molar refractivity (Wildman–Crippen MR) is 81.4 cm³/mol. The molecule has 1 saturated carbocycles. The maximum absolute atomic E-state index is 9.90. The lowest BCUT2D eigenvalue weighted by molar-refractivity contribution is 0.375. The molecule has 0 atom stereocenters. The third-order valence-corrected chi connectivity index (χ3v) is 4.70. The van der Waals surface area contributed by atoms with Crippen LogP contribution in [-0.4, -0.2) is 15.2 Å². The zero-order valence-electron chi connectivity index (χ0n) is 11.3. The summed E-state index contributed by atoms with van der Waals surface area (Å²) in [5.41, 5.74) is 0. The van der Waals surface area contributed by atoms with Crippen molar-refractivity contribution in [3.63, 3.8) is 0 Å². The van der Waals surface area contributed by atoms with Gasteiger partial charge < -0.3 is 9.63 Å². The molecule has 0 spiro atoms. The second kappa shape index (κ2) is 5.07. The minimum Gasteiger partial charge on any atom is -0.507 e. The molecule has 1 heterocycles. The molecule has 3 aromatic rings. The van der Waals surface area contributed by atoms with Gasteiger partial charge in [0.25, 0.3) is 0 Å². The van der Waals surface area contributed by atoms with Crippen molar-refractivity contribution in [2.24, 2.45) is 0 Å². The lowest BCUT2D eigenvalue weighted by Crippen LogP contribution is -1.86. The van der Waals surface area contributed by atoms with Crippen molar-refractivity contribution in [1.29, 1.82) is 0 Å². The fourth-order valence-corrected chi connectivity index (χ4v) is 3.25. The molecule has 4 rings (SSSR count). The van der Waals surface area contributed by atoms with E-state index in [1.807, 2.05) is 30.3 Å². The summed E-state index contributed by atoms with van der Waals surface area (Å²) < 4.78 is 5.27. The molecule has 1 N–H and O–H groups in total. The van der Waals surface area contributed by atoms with Crippen LogP contribution >= 0.6 is 11.8 Å². The Labute approximate surface area is 126 Å². The third-order valence-electron chi connectivity index (χ3n) is 3.63. The highest BCUT2D eigenvalue weighted by atomic mass is 32.2. The van der Waals surface area contributed by atoms with Crippen LogP contribution in [0.1, 0.15) is 30.5 Å². The average molecular weight is 298 g/mol. The summed E-state index contributed by atoms with van der Waals surface area (Å²) in [4.78, 5) is 5.55. The first-order chi connectivity index (χ1) is 10.3. The lowest BCUT2D eigenvalue weighted by Gasteiger charge is -2.06. The molecule has 21 heavy (non-hydrogen) atoms. The van der Waals surface area contributed by atoms with E-state index in [-0.39, 0.29) is 0 Å². The van der Waals surface area contributed by atoms with E-state index in [0.29, 0.717) is 17.4 Å². The van der Waals surface area contributed by atoms with E-state index in [0.717, 1.165) is 40.2 Å². The molecule has 1 aliphatic carbocycles. The van der Waals surface area contributed by atoms with Gasteiger partial charge in [0.1, 0.15) is 5.75 Å². The Balaban J connectivity index is 1.57. The smallest absolute Gasteiger partial charge is 0.229 e. The van der Waals surface area contributed by atoms with Crippen molar-refractivity contribution in [1.82, 2.24) is 10.1 Å². The zero-order valence-corrected chi connectivity index (χ0v) is 12.1. The molecular weight excluding hydrogens is 284 g/mol. The average Bonchev–Trinajstić information content (AvgIpc) is 3.26. The van der Waals surface area contributed by atoms with E-state index in [2.05, 4.69) is 10.1 Å². The number of phenolic OH excluding ortho intramolecular Hbond substituents is 1. The van der Waals surface area contributed by atoms with Crippen molar-refractivity contribution in [3.8, 4) is 5.75 Å². The second-order valence-corrected chi connectivity index (χ2v) is 6.26. The van der Waals surface area contributed by atoms with Crippen molar-refractivity contribution in [3.05, 3.63) is 48.1 Å². The van der Waals surface area contributed by atoms with Crippen molar-refractivity contribution in [2.75, 3.05) is 0 Å². The normalized spacial score (nSPS) is 14.7. The molecule has 5 heteroatoms. The molecule has 0 unspecified atom stereocenters. The Morgan fingerprint density at radius 1 is 1.14 bits per heavy atom. The Bertz CT molecular complexity index is 796. The van der Waals surface area contributed by atoms with Crippen LogP contribution in [-0.2, 0) is 5.75 Å². The second-order valence-electron chi connectivity index (χ2n) is 5.24. The zero-order chi connectivity index (χ0) is 14.2. The van der Waals surface area contributed by atoms with Crippen LogP contribution in [0.25, 0.3) is 10.8 Å². The number of aromatic hydroxyl groups is 1. The summed E-state index contributed by atoms with van der Waals surface area (Å²) in [7, 11) is 0. The van der Waals surface area contributed by atoms with Crippen LogP contribution in [0.3, 0.4) is 0 Å². The number of aromatic nitrogens is 2. The first kappa shape index (κ1) is 12.7. The summed E-state index contributed by atoms with van der Waals surface area (Å²) in [5, 5.41) is 15.9. The van der Waals surface area contributed by atoms with Gasteiger partial charge in [0, 0.05) is 16.2 Å². The van der Waals surface area contributed by atoms with E-state index in [1.54, 1.807) is 17.8 Å². The van der Waals surface area contributed by atoms with Gasteiger partial charge >= 0.3 is 0 Å². The largest absolute Gasteiger partial charge is 0.507 e. The summed E-state index contributed by atoms with van der Waals surface area (Å²) in [6, 6.07) is 11.5. The topological polar surface area (TPSA) is 59.2 Å². The number of nitrogens with zero attached hydrogens (tertiary/aromatic N) is 2. The fourth-order valence-electron chi connectivity index (χ4n) is 2.35. The van der Waals surface area contributed by atoms with Gasteiger partial charge in [0.15, 0.2) is 5.82 Å². The highest BCUT2D eigenvalue weighted by molar-refractivity contribution is 7.98. The van der Waals surface area contributed by atoms with Gasteiger partial charge in [0.05, 0.1) is 5.75 Å². The summed E-state index contributed by atoms with van der Waals surface area (Å²) >= 11 is 1.66. The van der Waals surface area contributed by atoms with Gasteiger partial charge in [-0.3, -0.25) is 0 Å². The Hall–Kier alpha value is -2.01. The molecule has 0 bridgehead atoms. The molecule has 2 aromatic carbocycles. The van der Waals surface area contributed by atoms with Crippen LogP contribution in [0.15, 0.2) is 45.8 Å². The number of benzene rings is 2. The minimum atomic E-state index is 0.311. The SMILES string of the molecule is Oc1ccc(SCc2noc(C3CC3)n2)c2ccccc12. The number of rotatable bonds is 4. The Morgan fingerprint density at radius 3 is 2.76 bits per heavy atom. The van der Waals surface area contributed by atoms with E-state index in [1.165, 1.54) is 0 Å². The molecule has 0 aliphatic heterocycles. The summed E-state index contributed by atoms with van der Waals surface area (Å²) in [5.74, 6) is 2.99. The van der Waals surface area contributed by atoms with Gasteiger partial charge in [-0.25, -0.2) is 0 Å². The quantitative estimate of drug-likeness (QED) is 0.735.